The maximum atomic E-state index is 12.2. The van der Waals surface area contributed by atoms with Crippen molar-refractivity contribution in [2.24, 2.45) is 5.92 Å². The fourth-order valence-electron chi connectivity index (χ4n) is 1.82. The predicted octanol–water partition coefficient (Wildman–Crippen LogP) is 1.76. The highest BCUT2D eigenvalue weighted by Gasteiger charge is 2.31. The minimum absolute atomic E-state index is 0.151. The van der Waals surface area contributed by atoms with Gasteiger partial charge >= 0.3 is 7.75 Å². The van der Waals surface area contributed by atoms with E-state index in [9.17, 15) is 4.57 Å². The number of hydrogen-bond acceptors (Lipinski definition) is 4. The van der Waals surface area contributed by atoms with E-state index in [-0.39, 0.29) is 6.04 Å². The van der Waals surface area contributed by atoms with Crippen molar-refractivity contribution in [3.05, 3.63) is 0 Å². The first-order valence-electron chi connectivity index (χ1n) is 5.99. The van der Waals surface area contributed by atoms with Crippen molar-refractivity contribution in [1.29, 1.82) is 0 Å². The molecular formula is C10H23N2O3P. The van der Waals surface area contributed by atoms with Crippen LogP contribution in [0.15, 0.2) is 0 Å². The van der Waals surface area contributed by atoms with Crippen molar-refractivity contribution in [2.45, 2.75) is 33.2 Å². The Labute approximate surface area is 97.9 Å². The standard InChI is InChI=1S/C10H23N2O3P/c1-4-14-16(13,15-5-2)12-10-8-11-7-6-9(10)3/h9-11H,4-8H2,1-3H3,(H,12,13)/t9-,10-/m1/s1. The summed E-state index contributed by atoms with van der Waals surface area (Å²) in [5, 5.41) is 6.31. The summed E-state index contributed by atoms with van der Waals surface area (Å²) in [6.45, 7) is 8.39. The lowest BCUT2D eigenvalue weighted by Gasteiger charge is -2.32. The Morgan fingerprint density at radius 3 is 2.50 bits per heavy atom. The van der Waals surface area contributed by atoms with Gasteiger partial charge in [-0.05, 0) is 32.7 Å². The lowest BCUT2D eigenvalue weighted by molar-refractivity contribution is 0.196. The van der Waals surface area contributed by atoms with Gasteiger partial charge in [0.1, 0.15) is 0 Å². The summed E-state index contributed by atoms with van der Waals surface area (Å²) in [5.74, 6) is 0.482. The molecule has 0 amide bonds. The first-order chi connectivity index (χ1) is 7.61. The van der Waals surface area contributed by atoms with Gasteiger partial charge in [-0.3, -0.25) is 9.05 Å². The topological polar surface area (TPSA) is 59.6 Å². The zero-order valence-electron chi connectivity index (χ0n) is 10.4. The Morgan fingerprint density at radius 1 is 1.38 bits per heavy atom. The molecule has 2 N–H and O–H groups in total. The van der Waals surface area contributed by atoms with Crippen LogP contribution in [0.3, 0.4) is 0 Å². The number of hydrogen-bond donors (Lipinski definition) is 2. The Kier molecular flexibility index (Phi) is 5.94. The van der Waals surface area contributed by atoms with Crippen LogP contribution in [0.2, 0.25) is 0 Å². The summed E-state index contributed by atoms with van der Waals surface area (Å²) in [5.41, 5.74) is 0. The number of nitrogens with one attached hydrogen (secondary N) is 2. The highest BCUT2D eigenvalue weighted by atomic mass is 31.2. The van der Waals surface area contributed by atoms with Crippen LogP contribution >= 0.6 is 7.75 Å². The van der Waals surface area contributed by atoms with E-state index >= 15 is 0 Å². The van der Waals surface area contributed by atoms with E-state index in [1.54, 1.807) is 0 Å². The smallest absolute Gasteiger partial charge is 0.315 e. The van der Waals surface area contributed by atoms with E-state index in [2.05, 4.69) is 17.3 Å². The van der Waals surface area contributed by atoms with Crippen LogP contribution in [0, 0.1) is 5.92 Å². The van der Waals surface area contributed by atoms with Gasteiger partial charge in [0.05, 0.1) is 13.2 Å². The Morgan fingerprint density at radius 2 is 2.00 bits per heavy atom. The molecule has 0 bridgehead atoms. The molecule has 0 saturated carbocycles. The van der Waals surface area contributed by atoms with Crippen LogP contribution in [-0.4, -0.2) is 32.3 Å². The Hall–Kier alpha value is 0.0700. The molecule has 1 aliphatic heterocycles. The van der Waals surface area contributed by atoms with E-state index in [0.29, 0.717) is 19.1 Å². The van der Waals surface area contributed by atoms with Crippen molar-refractivity contribution in [2.75, 3.05) is 26.3 Å². The van der Waals surface area contributed by atoms with Gasteiger partial charge in [-0.25, -0.2) is 9.65 Å². The third-order valence-electron chi connectivity index (χ3n) is 2.75. The third-order valence-corrected chi connectivity index (χ3v) is 4.59. The minimum Gasteiger partial charge on any atom is -0.315 e. The monoisotopic (exact) mass is 250 g/mol. The second kappa shape index (κ2) is 6.72. The van der Waals surface area contributed by atoms with Gasteiger partial charge in [-0.15, -0.1) is 0 Å². The summed E-state index contributed by atoms with van der Waals surface area (Å²) >= 11 is 0. The molecule has 2 atom stereocenters. The van der Waals surface area contributed by atoms with Crippen LogP contribution in [0.25, 0.3) is 0 Å². The first kappa shape index (κ1) is 14.1. The fourth-order valence-corrected chi connectivity index (χ4v) is 3.47. The molecule has 0 aromatic heterocycles. The average molecular weight is 250 g/mol. The van der Waals surface area contributed by atoms with Crippen molar-refractivity contribution < 1.29 is 13.6 Å². The molecule has 6 heteroatoms. The summed E-state index contributed by atoms with van der Waals surface area (Å²) < 4.78 is 22.7. The molecule has 16 heavy (non-hydrogen) atoms. The number of piperidine rings is 1. The van der Waals surface area contributed by atoms with Crippen molar-refractivity contribution in [3.63, 3.8) is 0 Å². The van der Waals surface area contributed by atoms with Crippen LogP contribution in [0.4, 0.5) is 0 Å². The molecule has 0 spiro atoms. The molecule has 1 saturated heterocycles. The van der Waals surface area contributed by atoms with Crippen molar-refractivity contribution in [1.82, 2.24) is 10.4 Å². The molecule has 5 nitrogen and oxygen atoms in total. The van der Waals surface area contributed by atoms with E-state index in [4.69, 9.17) is 9.05 Å². The molecule has 0 radical (unpaired) electrons. The second-order valence-corrected chi connectivity index (χ2v) is 5.81. The SMILES string of the molecule is CCOP(=O)(N[C@@H]1CNCC[C@H]1C)OCC. The molecule has 0 unspecified atom stereocenters. The molecule has 1 rings (SSSR count). The zero-order valence-corrected chi connectivity index (χ0v) is 11.3. The van der Waals surface area contributed by atoms with Crippen LogP contribution in [0.1, 0.15) is 27.2 Å². The molecule has 0 aromatic carbocycles. The quantitative estimate of drug-likeness (QED) is 0.703. The van der Waals surface area contributed by atoms with E-state index < -0.39 is 7.75 Å². The predicted molar refractivity (Wildman–Crippen MR) is 64.4 cm³/mol. The zero-order chi connectivity index (χ0) is 12.0. The van der Waals surface area contributed by atoms with Crippen LogP contribution in [-0.2, 0) is 13.6 Å². The van der Waals surface area contributed by atoms with Gasteiger partial charge in [0.2, 0.25) is 0 Å². The molecule has 1 fully saturated rings. The second-order valence-electron chi connectivity index (χ2n) is 4.04. The molecule has 0 aliphatic carbocycles. The lowest BCUT2D eigenvalue weighted by atomic mass is 9.96. The largest absolute Gasteiger partial charge is 0.405 e. The van der Waals surface area contributed by atoms with E-state index in [1.165, 1.54) is 0 Å². The van der Waals surface area contributed by atoms with Gasteiger partial charge in [0.25, 0.3) is 0 Å². The van der Waals surface area contributed by atoms with Gasteiger partial charge in [-0.2, -0.15) is 0 Å². The van der Waals surface area contributed by atoms with Crippen LogP contribution in [0.5, 0.6) is 0 Å². The van der Waals surface area contributed by atoms with Gasteiger partial charge < -0.3 is 5.32 Å². The third kappa shape index (κ3) is 4.15. The lowest BCUT2D eigenvalue weighted by Crippen LogP contribution is -2.47. The maximum absolute atomic E-state index is 12.2. The fraction of sp³-hybridized carbons (Fsp3) is 1.00. The highest BCUT2D eigenvalue weighted by molar-refractivity contribution is 7.51. The average Bonchev–Trinajstić information content (AvgIpc) is 2.22. The molecular weight excluding hydrogens is 227 g/mol. The van der Waals surface area contributed by atoms with Crippen molar-refractivity contribution >= 4 is 7.75 Å². The summed E-state index contributed by atoms with van der Waals surface area (Å²) in [6.07, 6.45) is 1.08. The van der Waals surface area contributed by atoms with Gasteiger partial charge in [-0.1, -0.05) is 6.92 Å². The first-order valence-corrected chi connectivity index (χ1v) is 7.53. The minimum atomic E-state index is -3.12. The van der Waals surface area contributed by atoms with Gasteiger partial charge in [0.15, 0.2) is 0 Å². The molecule has 96 valence electrons. The Bertz CT molecular complexity index is 240. The van der Waals surface area contributed by atoms with E-state index in [0.717, 1.165) is 19.5 Å². The normalized spacial score (nSPS) is 26.9. The molecule has 1 heterocycles. The van der Waals surface area contributed by atoms with Crippen molar-refractivity contribution in [3.8, 4) is 0 Å². The summed E-state index contributed by atoms with van der Waals surface area (Å²) in [7, 11) is -3.12. The molecule has 1 aliphatic rings. The number of rotatable bonds is 6. The highest BCUT2D eigenvalue weighted by Crippen LogP contribution is 2.44. The molecule has 0 aromatic rings. The summed E-state index contributed by atoms with van der Waals surface area (Å²) in [6, 6.07) is 0.151. The van der Waals surface area contributed by atoms with E-state index in [1.807, 2.05) is 13.8 Å². The van der Waals surface area contributed by atoms with Crippen LogP contribution < -0.4 is 10.4 Å². The van der Waals surface area contributed by atoms with Gasteiger partial charge in [0, 0.05) is 12.6 Å². The maximum Gasteiger partial charge on any atom is 0.405 e. The Balaban J connectivity index is 2.55. The summed E-state index contributed by atoms with van der Waals surface area (Å²) in [4.78, 5) is 0.